The van der Waals surface area contributed by atoms with Crippen molar-refractivity contribution in [2.24, 2.45) is 5.84 Å². The Labute approximate surface area is 120 Å². The maximum absolute atomic E-state index is 5.65. The third kappa shape index (κ3) is 3.17. The topological polar surface area (TPSA) is 50.9 Å². The quantitative estimate of drug-likeness (QED) is 0.670. The van der Waals surface area contributed by atoms with E-state index in [9.17, 15) is 0 Å². The number of rotatable bonds is 4. The molecule has 0 saturated heterocycles. The number of benzene rings is 1. The van der Waals surface area contributed by atoms with Gasteiger partial charge in [-0.1, -0.05) is 28.1 Å². The van der Waals surface area contributed by atoms with Gasteiger partial charge in [0.2, 0.25) is 0 Å². The monoisotopic (exact) mass is 325 g/mol. The summed E-state index contributed by atoms with van der Waals surface area (Å²) in [6, 6.07) is 8.29. The van der Waals surface area contributed by atoms with E-state index in [1.165, 1.54) is 10.4 Å². The van der Waals surface area contributed by atoms with Crippen LogP contribution in [0.15, 0.2) is 28.7 Å². The van der Waals surface area contributed by atoms with Gasteiger partial charge in [0.15, 0.2) is 0 Å². The second-order valence-corrected chi connectivity index (χ2v) is 6.43. The highest BCUT2D eigenvalue weighted by Crippen LogP contribution is 2.24. The largest absolute Gasteiger partial charge is 0.271 e. The minimum Gasteiger partial charge on any atom is -0.271 e. The van der Waals surface area contributed by atoms with E-state index in [0.29, 0.717) is 0 Å². The van der Waals surface area contributed by atoms with Gasteiger partial charge in [-0.15, -0.1) is 11.3 Å². The smallest absolute Gasteiger partial charge is 0.0950 e. The molecule has 1 aromatic heterocycles. The molecule has 0 aliphatic carbocycles. The molecule has 2 rings (SSSR count). The highest BCUT2D eigenvalue weighted by molar-refractivity contribution is 9.10. The number of hydrazine groups is 1. The van der Waals surface area contributed by atoms with Crippen molar-refractivity contribution in [1.82, 2.24) is 10.4 Å². The number of hydrogen-bond donors (Lipinski definition) is 2. The molecule has 0 radical (unpaired) electrons. The number of nitrogens with one attached hydrogen (secondary N) is 1. The standard InChI is InChI=1S/C13H16BrN3S/c1-8-9(2)18-13(16-8)7-12(17-15)10-3-5-11(14)6-4-10/h3-6,12,17H,7,15H2,1-2H3. The number of halogens is 1. The number of hydrogen-bond acceptors (Lipinski definition) is 4. The van der Waals surface area contributed by atoms with Gasteiger partial charge >= 0.3 is 0 Å². The molecule has 5 heteroatoms. The SMILES string of the molecule is Cc1nc(CC(NN)c2ccc(Br)cc2)sc1C. The van der Waals surface area contributed by atoms with Crippen molar-refractivity contribution in [3.63, 3.8) is 0 Å². The van der Waals surface area contributed by atoms with Crippen LogP contribution in [0.3, 0.4) is 0 Å². The minimum absolute atomic E-state index is 0.100. The van der Waals surface area contributed by atoms with Gasteiger partial charge in [0.05, 0.1) is 16.7 Å². The maximum atomic E-state index is 5.65. The Hall–Kier alpha value is -0.750. The maximum Gasteiger partial charge on any atom is 0.0950 e. The van der Waals surface area contributed by atoms with Crippen molar-refractivity contribution < 1.29 is 0 Å². The first-order valence-electron chi connectivity index (χ1n) is 5.74. The molecule has 0 amide bonds. The average Bonchev–Trinajstić information content (AvgIpc) is 2.67. The second-order valence-electron chi connectivity index (χ2n) is 4.22. The predicted molar refractivity (Wildman–Crippen MR) is 79.5 cm³/mol. The zero-order chi connectivity index (χ0) is 13.1. The third-order valence-electron chi connectivity index (χ3n) is 2.93. The van der Waals surface area contributed by atoms with Crippen LogP contribution in [0.4, 0.5) is 0 Å². The van der Waals surface area contributed by atoms with Crippen molar-refractivity contribution in [3.8, 4) is 0 Å². The molecule has 0 spiro atoms. The predicted octanol–water partition coefficient (Wildman–Crippen LogP) is 3.27. The van der Waals surface area contributed by atoms with Crippen LogP contribution in [0.1, 0.15) is 27.2 Å². The van der Waals surface area contributed by atoms with Gasteiger partial charge < -0.3 is 0 Å². The van der Waals surface area contributed by atoms with Crippen molar-refractivity contribution in [2.75, 3.05) is 0 Å². The molecule has 0 bridgehead atoms. The zero-order valence-electron chi connectivity index (χ0n) is 10.4. The third-order valence-corrected chi connectivity index (χ3v) is 4.55. The number of nitrogens with two attached hydrogens (primary N) is 1. The van der Waals surface area contributed by atoms with E-state index in [2.05, 4.69) is 45.4 Å². The number of aryl methyl sites for hydroxylation is 2. The Balaban J connectivity index is 2.16. The normalized spacial score (nSPS) is 12.7. The summed E-state index contributed by atoms with van der Waals surface area (Å²) in [5.41, 5.74) is 5.15. The lowest BCUT2D eigenvalue weighted by atomic mass is 10.1. The highest BCUT2D eigenvalue weighted by Gasteiger charge is 2.13. The van der Waals surface area contributed by atoms with Gasteiger partial charge in [-0.25, -0.2) is 4.98 Å². The lowest BCUT2D eigenvalue weighted by molar-refractivity contribution is 0.550. The van der Waals surface area contributed by atoms with Gasteiger partial charge in [0, 0.05) is 15.8 Å². The Morgan fingerprint density at radius 2 is 2.00 bits per heavy atom. The summed E-state index contributed by atoms with van der Waals surface area (Å²) in [5, 5.41) is 1.12. The minimum atomic E-state index is 0.100. The first kappa shape index (κ1) is 13.7. The van der Waals surface area contributed by atoms with Gasteiger partial charge in [0.25, 0.3) is 0 Å². The van der Waals surface area contributed by atoms with Crippen LogP contribution >= 0.6 is 27.3 Å². The summed E-state index contributed by atoms with van der Waals surface area (Å²) in [5.74, 6) is 5.65. The van der Waals surface area contributed by atoms with Crippen LogP contribution in [0, 0.1) is 13.8 Å². The van der Waals surface area contributed by atoms with Crippen LogP contribution < -0.4 is 11.3 Å². The van der Waals surface area contributed by atoms with E-state index >= 15 is 0 Å². The molecule has 18 heavy (non-hydrogen) atoms. The molecule has 1 atom stereocenters. The summed E-state index contributed by atoms with van der Waals surface area (Å²) in [4.78, 5) is 5.83. The Morgan fingerprint density at radius 3 is 2.50 bits per heavy atom. The van der Waals surface area contributed by atoms with Crippen LogP contribution in [-0.2, 0) is 6.42 Å². The first-order chi connectivity index (χ1) is 8.60. The molecule has 0 aliphatic rings. The summed E-state index contributed by atoms with van der Waals surface area (Å²) in [6.07, 6.45) is 0.817. The zero-order valence-corrected chi connectivity index (χ0v) is 12.8. The molecular weight excluding hydrogens is 310 g/mol. The first-order valence-corrected chi connectivity index (χ1v) is 7.35. The average molecular weight is 326 g/mol. The molecule has 1 unspecified atom stereocenters. The van der Waals surface area contributed by atoms with Crippen molar-refractivity contribution in [3.05, 3.63) is 49.9 Å². The molecule has 0 saturated carbocycles. The fraction of sp³-hybridized carbons (Fsp3) is 0.308. The highest BCUT2D eigenvalue weighted by atomic mass is 79.9. The molecule has 2 aromatic rings. The van der Waals surface area contributed by atoms with Crippen molar-refractivity contribution in [1.29, 1.82) is 0 Å². The van der Waals surface area contributed by atoms with Crippen LogP contribution in [0.5, 0.6) is 0 Å². The number of thiazole rings is 1. The van der Waals surface area contributed by atoms with Gasteiger partial charge in [-0.2, -0.15) is 0 Å². The number of nitrogens with zero attached hydrogens (tertiary/aromatic N) is 1. The summed E-state index contributed by atoms with van der Waals surface area (Å²) in [7, 11) is 0. The Kier molecular flexibility index (Phi) is 4.50. The lowest BCUT2D eigenvalue weighted by Crippen LogP contribution is -2.29. The molecule has 3 nitrogen and oxygen atoms in total. The van der Waals surface area contributed by atoms with E-state index in [1.807, 2.05) is 19.1 Å². The Bertz CT molecular complexity index is 502. The molecule has 3 N–H and O–H groups in total. The second kappa shape index (κ2) is 5.93. The summed E-state index contributed by atoms with van der Waals surface area (Å²) < 4.78 is 1.07. The summed E-state index contributed by atoms with van der Waals surface area (Å²) >= 11 is 5.17. The molecule has 1 aromatic carbocycles. The fourth-order valence-electron chi connectivity index (χ4n) is 1.77. The molecule has 1 heterocycles. The molecular formula is C13H16BrN3S. The van der Waals surface area contributed by atoms with Crippen molar-refractivity contribution in [2.45, 2.75) is 26.3 Å². The van der Waals surface area contributed by atoms with E-state index in [1.54, 1.807) is 11.3 Å². The van der Waals surface area contributed by atoms with E-state index < -0.39 is 0 Å². The van der Waals surface area contributed by atoms with E-state index in [4.69, 9.17) is 5.84 Å². The Morgan fingerprint density at radius 1 is 1.33 bits per heavy atom. The molecule has 96 valence electrons. The van der Waals surface area contributed by atoms with E-state index in [-0.39, 0.29) is 6.04 Å². The van der Waals surface area contributed by atoms with Crippen LogP contribution in [0.2, 0.25) is 0 Å². The van der Waals surface area contributed by atoms with E-state index in [0.717, 1.165) is 21.6 Å². The number of aromatic nitrogens is 1. The van der Waals surface area contributed by atoms with Gasteiger partial charge in [0.1, 0.15) is 0 Å². The van der Waals surface area contributed by atoms with Gasteiger partial charge in [-0.05, 0) is 31.5 Å². The van der Waals surface area contributed by atoms with Gasteiger partial charge in [-0.3, -0.25) is 11.3 Å². The molecule has 0 aliphatic heterocycles. The fourth-order valence-corrected chi connectivity index (χ4v) is 3.01. The molecule has 0 fully saturated rings. The van der Waals surface area contributed by atoms with Crippen molar-refractivity contribution >= 4 is 27.3 Å². The van der Waals surface area contributed by atoms with Crippen LogP contribution in [-0.4, -0.2) is 4.98 Å². The summed E-state index contributed by atoms with van der Waals surface area (Å²) in [6.45, 7) is 4.14. The van der Waals surface area contributed by atoms with Crippen LogP contribution in [0.25, 0.3) is 0 Å². The lowest BCUT2D eigenvalue weighted by Gasteiger charge is -2.14.